The number of hydrogen-bond donors (Lipinski definition) is 0. The lowest BCUT2D eigenvalue weighted by Gasteiger charge is -2.17. The highest BCUT2D eigenvalue weighted by molar-refractivity contribution is 7.91. The SMILES string of the molecule is CC(C)(C)[S+]([O-])/N=C/c1ncc(F)cc1F. The van der Waals surface area contributed by atoms with E-state index in [9.17, 15) is 13.3 Å². The Morgan fingerprint density at radius 2 is 2.06 bits per heavy atom. The summed E-state index contributed by atoms with van der Waals surface area (Å²) in [7, 11) is 0. The van der Waals surface area contributed by atoms with Gasteiger partial charge in [0.05, 0.1) is 6.20 Å². The lowest BCUT2D eigenvalue weighted by Crippen LogP contribution is -2.25. The Morgan fingerprint density at radius 1 is 1.44 bits per heavy atom. The Labute approximate surface area is 95.9 Å². The third kappa shape index (κ3) is 3.53. The van der Waals surface area contributed by atoms with Crippen LogP contribution in [0.1, 0.15) is 26.5 Å². The molecule has 88 valence electrons. The van der Waals surface area contributed by atoms with Gasteiger partial charge in [-0.2, -0.15) is 0 Å². The second kappa shape index (κ2) is 4.88. The van der Waals surface area contributed by atoms with Gasteiger partial charge in [0, 0.05) is 6.07 Å². The first-order valence-corrected chi connectivity index (χ1v) is 5.68. The summed E-state index contributed by atoms with van der Waals surface area (Å²) >= 11 is -1.48. The lowest BCUT2D eigenvalue weighted by atomic mass is 10.3. The fourth-order valence-electron chi connectivity index (χ4n) is 0.776. The molecule has 1 unspecified atom stereocenters. The Kier molecular flexibility index (Phi) is 3.98. The topological polar surface area (TPSA) is 48.3 Å². The molecule has 0 N–H and O–H groups in total. The van der Waals surface area contributed by atoms with Crippen LogP contribution in [-0.2, 0) is 11.4 Å². The first-order chi connectivity index (χ1) is 7.30. The maximum absolute atomic E-state index is 13.1. The first-order valence-electron chi connectivity index (χ1n) is 4.58. The van der Waals surface area contributed by atoms with Crippen molar-refractivity contribution in [3.8, 4) is 0 Å². The highest BCUT2D eigenvalue weighted by Gasteiger charge is 2.26. The Morgan fingerprint density at radius 3 is 2.56 bits per heavy atom. The van der Waals surface area contributed by atoms with E-state index in [1.165, 1.54) is 0 Å². The van der Waals surface area contributed by atoms with Gasteiger partial charge in [0.25, 0.3) is 0 Å². The van der Waals surface area contributed by atoms with E-state index in [0.29, 0.717) is 6.07 Å². The quantitative estimate of drug-likeness (QED) is 0.593. The van der Waals surface area contributed by atoms with Gasteiger partial charge in [0.2, 0.25) is 0 Å². The van der Waals surface area contributed by atoms with Crippen molar-refractivity contribution < 1.29 is 13.3 Å². The average molecular weight is 246 g/mol. The number of hydrogen-bond acceptors (Lipinski definition) is 3. The van der Waals surface area contributed by atoms with E-state index < -0.39 is 27.7 Å². The third-order valence-electron chi connectivity index (χ3n) is 1.63. The summed E-state index contributed by atoms with van der Waals surface area (Å²) in [4.78, 5) is 3.50. The van der Waals surface area contributed by atoms with Crippen LogP contribution < -0.4 is 0 Å². The Balaban J connectivity index is 2.85. The molecule has 0 amide bonds. The van der Waals surface area contributed by atoms with Crippen molar-refractivity contribution in [2.75, 3.05) is 0 Å². The minimum absolute atomic E-state index is 0.126. The summed E-state index contributed by atoms with van der Waals surface area (Å²) in [5, 5.41) is 0. The number of pyridine rings is 1. The zero-order chi connectivity index (χ0) is 12.3. The Bertz CT molecular complexity index is 404. The van der Waals surface area contributed by atoms with E-state index >= 15 is 0 Å². The second-order valence-corrected chi connectivity index (χ2v) is 6.05. The van der Waals surface area contributed by atoms with Crippen molar-refractivity contribution in [3.63, 3.8) is 0 Å². The number of nitrogens with zero attached hydrogens (tertiary/aromatic N) is 2. The molecule has 0 bridgehead atoms. The minimum atomic E-state index is -1.48. The van der Waals surface area contributed by atoms with Gasteiger partial charge >= 0.3 is 0 Å². The monoisotopic (exact) mass is 246 g/mol. The molecule has 3 nitrogen and oxygen atoms in total. The molecule has 0 spiro atoms. The molecular formula is C10H12F2N2OS. The molecule has 0 fully saturated rings. The van der Waals surface area contributed by atoms with E-state index in [1.54, 1.807) is 20.8 Å². The maximum atomic E-state index is 13.1. The van der Waals surface area contributed by atoms with Crippen molar-refractivity contribution in [2.45, 2.75) is 25.5 Å². The maximum Gasteiger partial charge on any atom is 0.153 e. The van der Waals surface area contributed by atoms with Gasteiger partial charge in [-0.15, -0.1) is 0 Å². The Hall–Kier alpha value is -1.01. The molecule has 0 aromatic carbocycles. The smallest absolute Gasteiger partial charge is 0.153 e. The molecular weight excluding hydrogens is 234 g/mol. The molecule has 1 aromatic heterocycles. The van der Waals surface area contributed by atoms with Gasteiger partial charge in [0.1, 0.15) is 33.8 Å². The third-order valence-corrected chi connectivity index (χ3v) is 2.98. The number of halogens is 2. The zero-order valence-corrected chi connectivity index (χ0v) is 10.0. The molecule has 1 rings (SSSR count). The van der Waals surface area contributed by atoms with Crippen molar-refractivity contribution >= 4 is 17.6 Å². The first kappa shape index (κ1) is 13.1. The van der Waals surface area contributed by atoms with Crippen LogP contribution >= 0.6 is 0 Å². The number of aromatic nitrogens is 1. The van der Waals surface area contributed by atoms with E-state index in [2.05, 4.69) is 9.38 Å². The molecule has 1 aromatic rings. The minimum Gasteiger partial charge on any atom is -0.591 e. The normalized spacial score (nSPS) is 14.4. The largest absolute Gasteiger partial charge is 0.591 e. The van der Waals surface area contributed by atoms with Gasteiger partial charge < -0.3 is 4.55 Å². The zero-order valence-electron chi connectivity index (χ0n) is 9.20. The van der Waals surface area contributed by atoms with Gasteiger partial charge in [-0.05, 0) is 20.8 Å². The summed E-state index contributed by atoms with van der Waals surface area (Å²) < 4.78 is 40.3. The van der Waals surface area contributed by atoms with Crippen LogP contribution in [0.3, 0.4) is 0 Å². The van der Waals surface area contributed by atoms with Crippen molar-refractivity contribution in [1.29, 1.82) is 0 Å². The summed E-state index contributed by atoms with van der Waals surface area (Å²) in [6.07, 6.45) is 1.93. The molecule has 0 aliphatic heterocycles. The molecule has 0 saturated heterocycles. The molecule has 0 saturated carbocycles. The van der Waals surface area contributed by atoms with Crippen molar-refractivity contribution in [3.05, 3.63) is 29.6 Å². The molecule has 0 radical (unpaired) electrons. The fourth-order valence-corrected chi connectivity index (χ4v) is 1.29. The van der Waals surface area contributed by atoms with Crippen LogP contribution in [0.2, 0.25) is 0 Å². The molecule has 16 heavy (non-hydrogen) atoms. The van der Waals surface area contributed by atoms with Gasteiger partial charge in [0.15, 0.2) is 5.82 Å². The van der Waals surface area contributed by atoms with Gasteiger partial charge in [-0.1, -0.05) is 4.40 Å². The highest BCUT2D eigenvalue weighted by Crippen LogP contribution is 2.16. The lowest BCUT2D eigenvalue weighted by molar-refractivity contribution is 0.561. The van der Waals surface area contributed by atoms with Crippen LogP contribution in [-0.4, -0.2) is 20.5 Å². The predicted molar refractivity (Wildman–Crippen MR) is 59.6 cm³/mol. The highest BCUT2D eigenvalue weighted by atomic mass is 32.2. The summed E-state index contributed by atoms with van der Waals surface area (Å²) in [5.74, 6) is -1.58. The summed E-state index contributed by atoms with van der Waals surface area (Å²) in [5.41, 5.74) is -0.126. The molecule has 0 aliphatic carbocycles. The predicted octanol–water partition coefficient (Wildman–Crippen LogP) is 2.24. The van der Waals surface area contributed by atoms with E-state index in [-0.39, 0.29) is 5.69 Å². The van der Waals surface area contributed by atoms with Crippen LogP contribution in [0.15, 0.2) is 16.7 Å². The molecule has 1 heterocycles. The average Bonchev–Trinajstić information content (AvgIpc) is 2.14. The van der Waals surface area contributed by atoms with Crippen molar-refractivity contribution in [1.82, 2.24) is 4.98 Å². The summed E-state index contributed by atoms with van der Waals surface area (Å²) in [6.45, 7) is 5.23. The standard InChI is InChI=1S/C10H12F2N2OS/c1-10(2,3)16(15)14-6-9-8(12)4-7(11)5-13-9/h4-6H,1-3H3/b14-6+. The van der Waals surface area contributed by atoms with Crippen molar-refractivity contribution in [2.24, 2.45) is 4.40 Å². The molecule has 0 aliphatic rings. The van der Waals surface area contributed by atoms with E-state index in [1.807, 2.05) is 0 Å². The number of rotatable bonds is 2. The van der Waals surface area contributed by atoms with Crippen LogP contribution in [0.5, 0.6) is 0 Å². The summed E-state index contributed by atoms with van der Waals surface area (Å²) in [6, 6.07) is 0.703. The second-order valence-electron chi connectivity index (χ2n) is 4.12. The van der Waals surface area contributed by atoms with Crippen LogP contribution in [0.25, 0.3) is 0 Å². The van der Waals surface area contributed by atoms with Gasteiger partial charge in [-0.3, -0.25) is 0 Å². The van der Waals surface area contributed by atoms with E-state index in [0.717, 1.165) is 12.4 Å². The molecule has 6 heteroatoms. The van der Waals surface area contributed by atoms with E-state index in [4.69, 9.17) is 0 Å². The van der Waals surface area contributed by atoms with Crippen LogP contribution in [0.4, 0.5) is 8.78 Å². The fraction of sp³-hybridized carbons (Fsp3) is 0.400. The van der Waals surface area contributed by atoms with Crippen LogP contribution in [0, 0.1) is 11.6 Å². The molecule has 1 atom stereocenters. The van der Waals surface area contributed by atoms with Gasteiger partial charge in [-0.25, -0.2) is 13.8 Å².